The van der Waals surface area contributed by atoms with Crippen LogP contribution in [0.25, 0.3) is 0 Å². The second-order valence-corrected chi connectivity index (χ2v) is 5.62. The van der Waals surface area contributed by atoms with Crippen LogP contribution >= 0.6 is 0 Å². The highest BCUT2D eigenvalue weighted by Gasteiger charge is 2.41. The number of hydrogen-bond acceptors (Lipinski definition) is 4. The number of allylic oxidation sites excluding steroid dienone is 1. The SMILES string of the molecule is C=C[C@H](C(=O)N1C(=O)OC[C@@H]1Cc1ccccc1)[C@@H](/C=C/C)OC. The lowest BCUT2D eigenvalue weighted by Crippen LogP contribution is -2.46. The highest BCUT2D eigenvalue weighted by atomic mass is 16.6. The summed E-state index contributed by atoms with van der Waals surface area (Å²) in [5.41, 5.74) is 1.05. The largest absolute Gasteiger partial charge is 0.447 e. The maximum atomic E-state index is 12.9. The number of imide groups is 1. The highest BCUT2D eigenvalue weighted by Crippen LogP contribution is 2.23. The molecule has 0 unspecified atom stereocenters. The van der Waals surface area contributed by atoms with E-state index in [1.54, 1.807) is 6.08 Å². The number of carbonyl (C=O) groups is 2. The number of nitrogens with zero attached hydrogens (tertiary/aromatic N) is 1. The van der Waals surface area contributed by atoms with Crippen molar-refractivity contribution < 1.29 is 19.1 Å². The molecule has 0 N–H and O–H groups in total. The van der Waals surface area contributed by atoms with Gasteiger partial charge < -0.3 is 9.47 Å². The standard InChI is InChI=1S/C19H23NO4/c1-4-9-17(23-3)16(5-2)18(21)20-15(13-24-19(20)22)12-14-10-7-6-8-11-14/h4-11,15-17H,2,12-13H2,1,3H3/b9-4+/t15-,16-,17+/m0/s1. The van der Waals surface area contributed by atoms with E-state index in [1.807, 2.05) is 43.3 Å². The van der Waals surface area contributed by atoms with Crippen molar-refractivity contribution in [2.45, 2.75) is 25.5 Å². The van der Waals surface area contributed by atoms with Gasteiger partial charge in [0.1, 0.15) is 6.61 Å². The third-order valence-electron chi connectivity index (χ3n) is 4.06. The molecular formula is C19H23NO4. The Balaban J connectivity index is 2.20. The third kappa shape index (κ3) is 3.92. The topological polar surface area (TPSA) is 55.8 Å². The van der Waals surface area contributed by atoms with Crippen LogP contribution in [-0.4, -0.2) is 42.8 Å². The summed E-state index contributed by atoms with van der Waals surface area (Å²) in [6.45, 7) is 5.77. The van der Waals surface area contributed by atoms with E-state index in [9.17, 15) is 9.59 Å². The summed E-state index contributed by atoms with van der Waals surface area (Å²) in [5, 5.41) is 0. The second-order valence-electron chi connectivity index (χ2n) is 5.62. The Kier molecular flexibility index (Phi) is 6.32. The Hall–Kier alpha value is -2.40. The predicted octanol–water partition coefficient (Wildman–Crippen LogP) is 2.97. The molecule has 2 rings (SSSR count). The van der Waals surface area contributed by atoms with Crippen LogP contribution in [0.4, 0.5) is 4.79 Å². The molecule has 1 saturated heterocycles. The quantitative estimate of drug-likeness (QED) is 0.722. The number of benzene rings is 1. The Morgan fingerprint density at radius 2 is 2.17 bits per heavy atom. The van der Waals surface area contributed by atoms with Gasteiger partial charge >= 0.3 is 6.09 Å². The van der Waals surface area contributed by atoms with E-state index in [2.05, 4.69) is 6.58 Å². The van der Waals surface area contributed by atoms with Gasteiger partial charge in [-0.05, 0) is 18.9 Å². The molecule has 2 amide bonds. The molecule has 3 atom stereocenters. The lowest BCUT2D eigenvalue weighted by Gasteiger charge is -2.26. The summed E-state index contributed by atoms with van der Waals surface area (Å²) in [6.07, 6.45) is 4.58. The van der Waals surface area contributed by atoms with Gasteiger partial charge in [0.25, 0.3) is 0 Å². The summed E-state index contributed by atoms with van der Waals surface area (Å²) >= 11 is 0. The van der Waals surface area contributed by atoms with Crippen molar-refractivity contribution in [3.63, 3.8) is 0 Å². The zero-order valence-corrected chi connectivity index (χ0v) is 14.1. The summed E-state index contributed by atoms with van der Waals surface area (Å²) in [5.74, 6) is -0.992. The first-order chi connectivity index (χ1) is 11.6. The molecule has 24 heavy (non-hydrogen) atoms. The van der Waals surface area contributed by atoms with Crippen LogP contribution in [-0.2, 0) is 20.7 Å². The number of cyclic esters (lactones) is 1. The van der Waals surface area contributed by atoms with Crippen molar-refractivity contribution in [3.8, 4) is 0 Å². The smallest absolute Gasteiger partial charge is 0.417 e. The van der Waals surface area contributed by atoms with Crippen LogP contribution < -0.4 is 0 Å². The minimum atomic E-state index is -0.643. The number of rotatable bonds is 7. The number of methoxy groups -OCH3 is 1. The van der Waals surface area contributed by atoms with Gasteiger partial charge in [-0.3, -0.25) is 4.79 Å². The van der Waals surface area contributed by atoms with Gasteiger partial charge in [0, 0.05) is 7.11 Å². The maximum Gasteiger partial charge on any atom is 0.417 e. The van der Waals surface area contributed by atoms with E-state index in [-0.39, 0.29) is 18.6 Å². The maximum absolute atomic E-state index is 12.9. The van der Waals surface area contributed by atoms with Gasteiger partial charge in [-0.2, -0.15) is 0 Å². The monoisotopic (exact) mass is 329 g/mol. The predicted molar refractivity (Wildman–Crippen MR) is 91.4 cm³/mol. The van der Waals surface area contributed by atoms with Gasteiger partial charge in [-0.15, -0.1) is 6.58 Å². The fourth-order valence-electron chi connectivity index (χ4n) is 2.84. The van der Waals surface area contributed by atoms with Crippen LogP contribution in [0, 0.1) is 5.92 Å². The summed E-state index contributed by atoms with van der Waals surface area (Å²) in [4.78, 5) is 26.2. The molecule has 0 saturated carbocycles. The first kappa shape index (κ1) is 17.9. The molecular weight excluding hydrogens is 306 g/mol. The van der Waals surface area contributed by atoms with E-state index in [4.69, 9.17) is 9.47 Å². The van der Waals surface area contributed by atoms with Crippen molar-refractivity contribution in [1.29, 1.82) is 0 Å². The number of ether oxygens (including phenoxy) is 2. The minimum Gasteiger partial charge on any atom is -0.447 e. The van der Waals surface area contributed by atoms with Crippen LogP contribution in [0.1, 0.15) is 12.5 Å². The van der Waals surface area contributed by atoms with Crippen molar-refractivity contribution >= 4 is 12.0 Å². The fourth-order valence-corrected chi connectivity index (χ4v) is 2.84. The molecule has 0 bridgehead atoms. The number of carbonyl (C=O) groups excluding carboxylic acids is 2. The van der Waals surface area contributed by atoms with Crippen LogP contribution in [0.15, 0.2) is 55.1 Å². The van der Waals surface area contributed by atoms with Crippen molar-refractivity contribution in [1.82, 2.24) is 4.90 Å². The molecule has 0 aromatic heterocycles. The normalized spacial score (nSPS) is 20.0. The Morgan fingerprint density at radius 1 is 1.46 bits per heavy atom. The molecule has 5 nitrogen and oxygen atoms in total. The Labute approximate surface area is 142 Å². The first-order valence-electron chi connectivity index (χ1n) is 7.94. The molecule has 0 spiro atoms. The van der Waals surface area contributed by atoms with E-state index in [1.165, 1.54) is 18.1 Å². The molecule has 5 heteroatoms. The molecule has 0 radical (unpaired) electrons. The lowest BCUT2D eigenvalue weighted by atomic mass is 9.98. The Morgan fingerprint density at radius 3 is 2.75 bits per heavy atom. The number of hydrogen-bond donors (Lipinski definition) is 0. The zero-order chi connectivity index (χ0) is 17.5. The summed E-state index contributed by atoms with van der Waals surface area (Å²) in [7, 11) is 1.53. The van der Waals surface area contributed by atoms with Crippen molar-refractivity contribution in [2.75, 3.05) is 13.7 Å². The molecule has 0 aliphatic carbocycles. The highest BCUT2D eigenvalue weighted by molar-refractivity contribution is 5.96. The van der Waals surface area contributed by atoms with E-state index in [0.29, 0.717) is 6.42 Å². The minimum absolute atomic E-state index is 0.199. The summed E-state index contributed by atoms with van der Waals surface area (Å²) < 4.78 is 10.5. The molecule has 1 fully saturated rings. The van der Waals surface area contributed by atoms with E-state index in [0.717, 1.165) is 5.56 Å². The molecule has 1 heterocycles. The van der Waals surface area contributed by atoms with Gasteiger partial charge in [0.2, 0.25) is 5.91 Å². The summed E-state index contributed by atoms with van der Waals surface area (Å²) in [6, 6.07) is 9.40. The van der Waals surface area contributed by atoms with Gasteiger partial charge in [-0.25, -0.2) is 9.69 Å². The van der Waals surface area contributed by atoms with Crippen LogP contribution in [0.3, 0.4) is 0 Å². The van der Waals surface area contributed by atoms with E-state index < -0.39 is 18.1 Å². The third-order valence-corrected chi connectivity index (χ3v) is 4.06. The van der Waals surface area contributed by atoms with Gasteiger partial charge in [0.15, 0.2) is 0 Å². The molecule has 1 aliphatic heterocycles. The van der Waals surface area contributed by atoms with Crippen LogP contribution in [0.2, 0.25) is 0 Å². The van der Waals surface area contributed by atoms with E-state index >= 15 is 0 Å². The zero-order valence-electron chi connectivity index (χ0n) is 14.1. The van der Waals surface area contributed by atoms with Crippen molar-refractivity contribution in [2.24, 2.45) is 5.92 Å². The molecule has 1 aliphatic rings. The second kappa shape index (κ2) is 8.45. The molecule has 1 aromatic rings. The van der Waals surface area contributed by atoms with Gasteiger partial charge in [0.05, 0.1) is 18.1 Å². The van der Waals surface area contributed by atoms with Crippen LogP contribution in [0.5, 0.6) is 0 Å². The lowest BCUT2D eigenvalue weighted by molar-refractivity contribution is -0.134. The molecule has 1 aromatic carbocycles. The number of amides is 2. The van der Waals surface area contributed by atoms with Gasteiger partial charge in [-0.1, -0.05) is 48.6 Å². The average molecular weight is 329 g/mol. The van der Waals surface area contributed by atoms with Crippen molar-refractivity contribution in [3.05, 3.63) is 60.7 Å². The Bertz CT molecular complexity index is 611. The first-order valence-corrected chi connectivity index (χ1v) is 7.94. The molecule has 128 valence electrons. The fraction of sp³-hybridized carbons (Fsp3) is 0.368. The average Bonchev–Trinajstić information content (AvgIpc) is 2.95.